The zero-order chi connectivity index (χ0) is 16.9. The van der Waals surface area contributed by atoms with Gasteiger partial charge in [0.15, 0.2) is 0 Å². The maximum absolute atomic E-state index is 12.5. The molecule has 1 aromatic carbocycles. The third-order valence-electron chi connectivity index (χ3n) is 3.94. The number of ether oxygens (including phenoxy) is 1. The first-order valence-corrected chi connectivity index (χ1v) is 7.56. The van der Waals surface area contributed by atoms with Gasteiger partial charge in [-0.2, -0.15) is 13.2 Å². The minimum absolute atomic E-state index is 0. The Morgan fingerprint density at radius 3 is 2.29 bits per heavy atom. The molecule has 1 fully saturated rings. The van der Waals surface area contributed by atoms with E-state index in [2.05, 4.69) is 4.90 Å². The molecule has 0 radical (unpaired) electrons. The normalized spacial score (nSPS) is 16.6. The Kier molecular flexibility index (Phi) is 8.30. The molecule has 0 aliphatic carbocycles. The molecule has 2 rings (SSSR count). The van der Waals surface area contributed by atoms with Crippen molar-refractivity contribution in [2.45, 2.75) is 38.1 Å². The number of piperidine rings is 1. The van der Waals surface area contributed by atoms with Crippen molar-refractivity contribution in [2.24, 2.45) is 0 Å². The summed E-state index contributed by atoms with van der Waals surface area (Å²) in [5.74, 6) is -0.800. The van der Waals surface area contributed by atoms with Crippen LogP contribution in [0.4, 0.5) is 13.2 Å². The summed E-state index contributed by atoms with van der Waals surface area (Å²) in [5.41, 5.74) is 0.0549. The first-order valence-electron chi connectivity index (χ1n) is 7.56. The Morgan fingerprint density at radius 2 is 1.79 bits per heavy atom. The van der Waals surface area contributed by atoms with Crippen molar-refractivity contribution < 1.29 is 27.8 Å². The molecule has 4 nitrogen and oxygen atoms in total. The van der Waals surface area contributed by atoms with Crippen LogP contribution in [0.3, 0.4) is 0 Å². The van der Waals surface area contributed by atoms with Crippen molar-refractivity contribution in [3.8, 4) is 0 Å². The fourth-order valence-corrected chi connectivity index (χ4v) is 2.56. The number of carbonyl (C=O) groups is 1. The van der Waals surface area contributed by atoms with Crippen LogP contribution in [0, 0.1) is 0 Å². The van der Waals surface area contributed by atoms with Gasteiger partial charge in [0.2, 0.25) is 0 Å². The molecular weight excluding hydrogens is 318 g/mol. The summed E-state index contributed by atoms with van der Waals surface area (Å²) in [7, 11) is 0. The number of halogens is 3. The van der Waals surface area contributed by atoms with E-state index in [1.165, 1.54) is 12.1 Å². The van der Waals surface area contributed by atoms with Crippen molar-refractivity contribution in [3.05, 3.63) is 35.4 Å². The number of hydrogen-bond donors (Lipinski definition) is 1. The van der Waals surface area contributed by atoms with Crippen LogP contribution in [0.15, 0.2) is 24.3 Å². The first kappa shape index (κ1) is 21.0. The van der Waals surface area contributed by atoms with Crippen LogP contribution in [0.2, 0.25) is 0 Å². The number of likely N-dealkylation sites (tertiary alicyclic amines) is 1. The molecule has 8 heteroatoms. The summed E-state index contributed by atoms with van der Waals surface area (Å²) in [6, 6.07) is 5.00. The summed E-state index contributed by atoms with van der Waals surface area (Å²) < 4.78 is 43.2. The third kappa shape index (κ3) is 6.86. The zero-order valence-corrected chi connectivity index (χ0v) is 12.7. The number of carboxylic acid groups (broad SMARTS) is 1. The Bertz CT molecular complexity index is 514. The molecule has 0 saturated carbocycles. The predicted molar refractivity (Wildman–Crippen MR) is 85.1 cm³/mol. The average Bonchev–Trinajstić information content (AvgIpc) is 2.51. The summed E-state index contributed by atoms with van der Waals surface area (Å²) >= 11 is 0. The quantitative estimate of drug-likeness (QED) is 0.809. The monoisotopic (exact) mass is 339 g/mol. The van der Waals surface area contributed by atoms with Gasteiger partial charge in [-0.05, 0) is 30.5 Å². The average molecular weight is 339 g/mol. The Morgan fingerprint density at radius 1 is 1.21 bits per heavy atom. The van der Waals surface area contributed by atoms with Crippen molar-refractivity contribution in [3.63, 3.8) is 0 Å². The second-order valence-electron chi connectivity index (χ2n) is 5.69. The van der Waals surface area contributed by atoms with Gasteiger partial charge in [0.1, 0.15) is 0 Å². The maximum atomic E-state index is 12.5. The van der Waals surface area contributed by atoms with Gasteiger partial charge in [-0.15, -0.1) is 0 Å². The molecule has 0 unspecified atom stereocenters. The fourth-order valence-electron chi connectivity index (χ4n) is 2.56. The zero-order valence-electron chi connectivity index (χ0n) is 12.7. The SMILES string of the molecule is O=C(O)CCN1CCC(OCc2ccc(C(F)(F)F)cc2)CC1.[LiH]. The molecule has 1 saturated heterocycles. The van der Waals surface area contributed by atoms with E-state index in [0.717, 1.165) is 38.1 Å². The van der Waals surface area contributed by atoms with Gasteiger partial charge in [0.25, 0.3) is 0 Å². The van der Waals surface area contributed by atoms with E-state index in [-0.39, 0.29) is 38.0 Å². The molecule has 1 aromatic rings. The Balaban J connectivity index is 0.00000288. The van der Waals surface area contributed by atoms with E-state index in [1.807, 2.05) is 0 Å². The molecule has 130 valence electrons. The van der Waals surface area contributed by atoms with Gasteiger partial charge in [0.05, 0.1) is 24.7 Å². The molecule has 24 heavy (non-hydrogen) atoms. The molecule has 1 N–H and O–H groups in total. The second kappa shape index (κ2) is 9.47. The van der Waals surface area contributed by atoms with Crippen LogP contribution in [0.1, 0.15) is 30.4 Å². The molecule has 0 bridgehead atoms. The summed E-state index contributed by atoms with van der Waals surface area (Å²) in [6.45, 7) is 2.40. The molecule has 0 amide bonds. The Hall–Kier alpha value is -1.00. The second-order valence-corrected chi connectivity index (χ2v) is 5.69. The minimum atomic E-state index is -4.32. The summed E-state index contributed by atoms with van der Waals surface area (Å²) in [6.07, 6.45) is -2.50. The van der Waals surface area contributed by atoms with Crippen LogP contribution in [-0.4, -0.2) is 60.6 Å². The fraction of sp³-hybridized carbons (Fsp3) is 0.562. The summed E-state index contributed by atoms with van der Waals surface area (Å²) in [5, 5.41) is 8.65. The summed E-state index contributed by atoms with van der Waals surface area (Å²) in [4.78, 5) is 12.6. The van der Waals surface area contributed by atoms with Gasteiger partial charge >= 0.3 is 31.0 Å². The van der Waals surface area contributed by atoms with Gasteiger partial charge in [0, 0.05) is 19.6 Å². The molecule has 0 atom stereocenters. The number of benzene rings is 1. The van der Waals surface area contributed by atoms with Crippen molar-refractivity contribution >= 4 is 24.8 Å². The molecule has 1 heterocycles. The number of rotatable bonds is 6. The molecular formula is C16H21F3LiNO3. The van der Waals surface area contributed by atoms with E-state index in [4.69, 9.17) is 9.84 Å². The van der Waals surface area contributed by atoms with Crippen molar-refractivity contribution in [1.82, 2.24) is 4.90 Å². The molecule has 0 spiro atoms. The topological polar surface area (TPSA) is 49.8 Å². The van der Waals surface area contributed by atoms with E-state index >= 15 is 0 Å². The van der Waals surface area contributed by atoms with Gasteiger partial charge in [-0.25, -0.2) is 0 Å². The molecule has 1 aliphatic heterocycles. The number of aliphatic carboxylic acids is 1. The predicted octanol–water partition coefficient (Wildman–Crippen LogP) is 2.51. The molecule has 0 aromatic heterocycles. The van der Waals surface area contributed by atoms with Crippen molar-refractivity contribution in [1.29, 1.82) is 0 Å². The van der Waals surface area contributed by atoms with E-state index < -0.39 is 17.7 Å². The van der Waals surface area contributed by atoms with E-state index in [9.17, 15) is 18.0 Å². The van der Waals surface area contributed by atoms with Crippen LogP contribution < -0.4 is 0 Å². The standard InChI is InChI=1S/C16H20F3NO3.Li.H/c17-16(18,19)13-3-1-12(2-4-13)11-23-14-5-8-20(9-6-14)10-7-15(21)22;;/h1-4,14H,5-11H2,(H,21,22);;. The van der Waals surface area contributed by atoms with Gasteiger partial charge < -0.3 is 14.7 Å². The molecule has 1 aliphatic rings. The van der Waals surface area contributed by atoms with Crippen LogP contribution >= 0.6 is 0 Å². The number of nitrogens with zero attached hydrogens (tertiary/aromatic N) is 1. The van der Waals surface area contributed by atoms with Crippen LogP contribution in [-0.2, 0) is 22.3 Å². The number of alkyl halides is 3. The van der Waals surface area contributed by atoms with Crippen molar-refractivity contribution in [2.75, 3.05) is 19.6 Å². The van der Waals surface area contributed by atoms with Crippen LogP contribution in [0.5, 0.6) is 0 Å². The van der Waals surface area contributed by atoms with Gasteiger partial charge in [-0.3, -0.25) is 4.79 Å². The van der Waals surface area contributed by atoms with E-state index in [0.29, 0.717) is 12.1 Å². The third-order valence-corrected chi connectivity index (χ3v) is 3.94. The number of carboxylic acids is 1. The van der Waals surface area contributed by atoms with Gasteiger partial charge in [-0.1, -0.05) is 12.1 Å². The van der Waals surface area contributed by atoms with Crippen LogP contribution in [0.25, 0.3) is 0 Å². The Labute approximate surface area is 151 Å². The van der Waals surface area contributed by atoms with E-state index in [1.54, 1.807) is 0 Å². The first-order chi connectivity index (χ1) is 10.8. The number of hydrogen-bond acceptors (Lipinski definition) is 3.